The average Bonchev–Trinajstić information content (AvgIpc) is 2.35. The van der Waals surface area contributed by atoms with Crippen molar-refractivity contribution in [3.05, 3.63) is 10.4 Å². The van der Waals surface area contributed by atoms with Crippen LogP contribution in [0.4, 0.5) is 0 Å². The van der Waals surface area contributed by atoms with Gasteiger partial charge in [0.25, 0.3) is 0 Å². The molecule has 0 saturated carbocycles. The van der Waals surface area contributed by atoms with E-state index in [4.69, 9.17) is 24.8 Å². The Bertz CT molecular complexity index is 200. The highest BCUT2D eigenvalue weighted by Gasteiger charge is 1.92. The van der Waals surface area contributed by atoms with Gasteiger partial charge in [0.05, 0.1) is 46.2 Å². The van der Waals surface area contributed by atoms with Crippen molar-refractivity contribution in [2.45, 2.75) is 0 Å². The Morgan fingerprint density at radius 2 is 1.47 bits per heavy atom. The molecule has 0 radical (unpaired) electrons. The molecule has 9 nitrogen and oxygen atoms in total. The minimum absolute atomic E-state index is 0.0208. The van der Waals surface area contributed by atoms with Gasteiger partial charge in [-0.25, -0.2) is 0 Å². The van der Waals surface area contributed by atoms with Crippen molar-refractivity contribution in [2.75, 3.05) is 52.9 Å². The first-order chi connectivity index (χ1) is 8.41. The largest absolute Gasteiger partial charge is 0.394 e. The Balaban J connectivity index is 2.91. The van der Waals surface area contributed by atoms with Gasteiger partial charge in [0, 0.05) is 5.22 Å². The van der Waals surface area contributed by atoms with Crippen LogP contribution in [0.25, 0.3) is 10.4 Å². The predicted molar refractivity (Wildman–Crippen MR) is 57.8 cm³/mol. The van der Waals surface area contributed by atoms with Gasteiger partial charge in [-0.3, -0.25) is 0 Å². The molecule has 0 heterocycles. The number of ether oxygens (including phenoxy) is 3. The molecule has 0 fully saturated rings. The number of aliphatic hydroxyl groups is 1. The van der Waals surface area contributed by atoms with Crippen molar-refractivity contribution >= 4 is 0 Å². The van der Waals surface area contributed by atoms with Crippen LogP contribution >= 0.6 is 0 Å². The molecule has 2 N–H and O–H groups in total. The molecule has 9 heteroatoms. The maximum atomic E-state index is 8.41. The summed E-state index contributed by atoms with van der Waals surface area (Å²) in [7, 11) is 0. The van der Waals surface area contributed by atoms with Crippen LogP contribution in [0.1, 0.15) is 0 Å². The first-order valence-corrected chi connectivity index (χ1v) is 5.16. The zero-order valence-electron chi connectivity index (χ0n) is 9.58. The fraction of sp³-hybridized carbons (Fsp3) is 1.00. The molecule has 0 aromatic rings. The summed E-state index contributed by atoms with van der Waals surface area (Å²) in [6, 6.07) is 0. The number of nitrogens with zero attached hydrogens (tertiary/aromatic N) is 3. The standard InChI is InChI=1S/C8H18N4O5/c9-10-11-12-17-8-7-16-6-5-15-4-3-14-2-1-13/h12-13H,1-8H2. The third-order valence-electron chi connectivity index (χ3n) is 1.46. The van der Waals surface area contributed by atoms with Crippen LogP contribution in [0.3, 0.4) is 0 Å². The normalized spacial score (nSPS) is 9.94. The lowest BCUT2D eigenvalue weighted by atomic mass is 10.7. The topological polar surface area (TPSA) is 118 Å². The number of azide groups is 1. The van der Waals surface area contributed by atoms with E-state index in [9.17, 15) is 0 Å². The maximum Gasteiger partial charge on any atom is 0.120 e. The highest BCUT2D eigenvalue weighted by atomic mass is 16.7. The molecule has 0 aromatic heterocycles. The Morgan fingerprint density at radius 1 is 0.941 bits per heavy atom. The van der Waals surface area contributed by atoms with Crippen LogP contribution in [-0.4, -0.2) is 58.0 Å². The third-order valence-corrected chi connectivity index (χ3v) is 1.46. The molecule has 0 unspecified atom stereocenters. The summed E-state index contributed by atoms with van der Waals surface area (Å²) in [6.07, 6.45) is 0. The highest BCUT2D eigenvalue weighted by Crippen LogP contribution is 1.81. The third kappa shape index (κ3) is 14.9. The fourth-order valence-corrected chi connectivity index (χ4v) is 0.800. The van der Waals surface area contributed by atoms with E-state index in [0.717, 1.165) is 0 Å². The number of rotatable bonds is 13. The van der Waals surface area contributed by atoms with E-state index in [2.05, 4.69) is 15.0 Å². The smallest absolute Gasteiger partial charge is 0.120 e. The Hall–Kier alpha value is -1.09. The van der Waals surface area contributed by atoms with E-state index in [1.165, 1.54) is 0 Å². The van der Waals surface area contributed by atoms with Crippen LogP contribution in [-0.2, 0) is 19.0 Å². The predicted octanol–water partition coefficient (Wildman–Crippen LogP) is -0.225. The van der Waals surface area contributed by atoms with Crippen molar-refractivity contribution < 1.29 is 24.2 Å². The Kier molecular flexibility index (Phi) is 14.0. The maximum absolute atomic E-state index is 8.41. The second-order valence-electron chi connectivity index (χ2n) is 2.69. The number of aliphatic hydroxyl groups excluding tert-OH is 1. The zero-order valence-corrected chi connectivity index (χ0v) is 9.58. The first kappa shape index (κ1) is 15.9. The second-order valence-corrected chi connectivity index (χ2v) is 2.69. The molecule has 0 aliphatic rings. The molecule has 0 saturated heterocycles. The van der Waals surface area contributed by atoms with Gasteiger partial charge in [-0.05, 0) is 0 Å². The van der Waals surface area contributed by atoms with Gasteiger partial charge >= 0.3 is 0 Å². The average molecular weight is 250 g/mol. The monoisotopic (exact) mass is 250 g/mol. The fourth-order valence-electron chi connectivity index (χ4n) is 0.800. The van der Waals surface area contributed by atoms with Gasteiger partial charge in [-0.2, -0.15) is 9.75 Å². The number of hydrogen-bond acceptors (Lipinski definition) is 6. The molecule has 0 aliphatic heterocycles. The molecule has 100 valence electrons. The molecule has 0 spiro atoms. The van der Waals surface area contributed by atoms with Crippen molar-refractivity contribution in [1.82, 2.24) is 5.59 Å². The van der Waals surface area contributed by atoms with Crippen molar-refractivity contribution in [2.24, 2.45) is 5.22 Å². The summed E-state index contributed by atoms with van der Waals surface area (Å²) in [4.78, 5) is 7.09. The molecule has 17 heavy (non-hydrogen) atoms. The number of nitrogens with one attached hydrogen (secondary N) is 1. The van der Waals surface area contributed by atoms with Crippen LogP contribution in [0.5, 0.6) is 0 Å². The van der Waals surface area contributed by atoms with Gasteiger partial charge in [-0.15, -0.1) is 11.1 Å². The van der Waals surface area contributed by atoms with E-state index < -0.39 is 0 Å². The minimum Gasteiger partial charge on any atom is -0.394 e. The van der Waals surface area contributed by atoms with E-state index in [1.54, 1.807) is 0 Å². The second kappa shape index (κ2) is 14.9. The molecule has 0 bridgehead atoms. The van der Waals surface area contributed by atoms with E-state index in [1.807, 2.05) is 5.59 Å². The molecular formula is C8H18N4O5. The lowest BCUT2D eigenvalue weighted by molar-refractivity contribution is -0.0256. The molecular weight excluding hydrogens is 232 g/mol. The van der Waals surface area contributed by atoms with E-state index in [-0.39, 0.29) is 13.2 Å². The van der Waals surface area contributed by atoms with Crippen LogP contribution in [0.15, 0.2) is 5.22 Å². The molecule has 0 rings (SSSR count). The Labute approximate surface area is 99.2 Å². The van der Waals surface area contributed by atoms with Gasteiger partial charge in [0.15, 0.2) is 0 Å². The lowest BCUT2D eigenvalue weighted by Crippen LogP contribution is -2.15. The van der Waals surface area contributed by atoms with Gasteiger partial charge in [0.1, 0.15) is 6.61 Å². The van der Waals surface area contributed by atoms with E-state index >= 15 is 0 Å². The molecule has 0 amide bonds. The summed E-state index contributed by atoms with van der Waals surface area (Å²) < 4.78 is 15.3. The zero-order chi connectivity index (χ0) is 12.6. The first-order valence-electron chi connectivity index (χ1n) is 5.16. The lowest BCUT2D eigenvalue weighted by Gasteiger charge is -2.05. The summed E-state index contributed by atoms with van der Waals surface area (Å²) in [5, 5.41) is 11.4. The minimum atomic E-state index is 0.0208. The summed E-state index contributed by atoms with van der Waals surface area (Å²) in [6.45, 7) is 2.84. The Morgan fingerprint density at radius 3 is 2.00 bits per heavy atom. The van der Waals surface area contributed by atoms with Gasteiger partial charge in [-0.1, -0.05) is 0 Å². The van der Waals surface area contributed by atoms with Crippen molar-refractivity contribution in [1.29, 1.82) is 0 Å². The van der Waals surface area contributed by atoms with Crippen LogP contribution < -0.4 is 5.59 Å². The highest BCUT2D eigenvalue weighted by molar-refractivity contribution is 4.34. The molecule has 0 aromatic carbocycles. The summed E-state index contributed by atoms with van der Waals surface area (Å²) in [5.41, 5.74) is 9.91. The quantitative estimate of drug-likeness (QED) is 0.153. The van der Waals surface area contributed by atoms with Crippen LogP contribution in [0.2, 0.25) is 0 Å². The van der Waals surface area contributed by atoms with Crippen molar-refractivity contribution in [3.8, 4) is 0 Å². The molecule has 0 atom stereocenters. The summed E-state index contributed by atoms with van der Waals surface area (Å²) >= 11 is 0. The summed E-state index contributed by atoms with van der Waals surface area (Å²) in [5.74, 6) is 0. The van der Waals surface area contributed by atoms with Gasteiger partial charge in [0.2, 0.25) is 0 Å². The van der Waals surface area contributed by atoms with Crippen LogP contribution in [0, 0.1) is 0 Å². The SMILES string of the molecule is [N-]=[N+]=NNOCCOCCOCCOCCO. The van der Waals surface area contributed by atoms with Crippen molar-refractivity contribution in [3.63, 3.8) is 0 Å². The molecule has 0 aliphatic carbocycles. The van der Waals surface area contributed by atoms with E-state index in [0.29, 0.717) is 39.6 Å². The van der Waals surface area contributed by atoms with Gasteiger partial charge < -0.3 is 19.3 Å². The number of hydrogen-bond donors (Lipinski definition) is 2.